The molecule has 3 aliphatic carbocycles. The van der Waals surface area contributed by atoms with Crippen molar-refractivity contribution in [3.63, 3.8) is 0 Å². The minimum absolute atomic E-state index is 0.598. The van der Waals surface area contributed by atoms with Gasteiger partial charge in [-0.2, -0.15) is 5.10 Å². The first-order valence-corrected chi connectivity index (χ1v) is 11.4. The lowest BCUT2D eigenvalue weighted by Gasteiger charge is -2.36. The van der Waals surface area contributed by atoms with Gasteiger partial charge in [0.25, 0.3) is 0 Å². The number of ether oxygens (including phenoxy) is 1. The van der Waals surface area contributed by atoms with E-state index in [4.69, 9.17) is 15.6 Å². The summed E-state index contributed by atoms with van der Waals surface area (Å²) >= 11 is 0. The van der Waals surface area contributed by atoms with E-state index in [-0.39, 0.29) is 0 Å². The molecule has 2 aliphatic heterocycles. The lowest BCUT2D eigenvalue weighted by molar-refractivity contribution is -0.0610. The van der Waals surface area contributed by atoms with Gasteiger partial charge >= 0.3 is 0 Å². The van der Waals surface area contributed by atoms with E-state index in [1.807, 2.05) is 6.20 Å². The SMILES string of the molecule is Nc1ncc(-c2cc(C3[C@H]4CN(C5COC5)C[C@@H]34)n(C3CCC3)n2)cc1C1CC1. The lowest BCUT2D eigenvalue weighted by Crippen LogP contribution is -2.48. The van der Waals surface area contributed by atoms with E-state index in [0.717, 1.165) is 36.3 Å². The molecule has 0 amide bonds. The third-order valence-electron chi connectivity index (χ3n) is 8.15. The van der Waals surface area contributed by atoms with Gasteiger partial charge in [-0.25, -0.2) is 4.98 Å². The molecule has 5 fully saturated rings. The quantitative estimate of drug-likeness (QED) is 0.848. The number of anilines is 1. The Kier molecular flexibility index (Phi) is 3.51. The van der Waals surface area contributed by atoms with Crippen LogP contribution in [0.4, 0.5) is 5.82 Å². The van der Waals surface area contributed by atoms with Crippen LogP contribution in [0, 0.1) is 11.8 Å². The standard InChI is InChI=1S/C23H29N5O/c24-23-17(13-4-5-13)6-14(8-25-23)20-7-21(28(26-20)15-2-1-3-15)22-18-9-27(10-19(18)22)16-11-29-12-16/h6-8,13,15-16,18-19,22H,1-5,9-12H2,(H2,24,25)/t18-,19+,22?. The molecule has 0 spiro atoms. The number of fused-ring (bicyclic) bond motifs is 1. The summed E-state index contributed by atoms with van der Waals surface area (Å²) in [6, 6.07) is 5.91. The van der Waals surface area contributed by atoms with Crippen LogP contribution in [0.1, 0.15) is 61.2 Å². The summed E-state index contributed by atoms with van der Waals surface area (Å²) < 4.78 is 7.80. The van der Waals surface area contributed by atoms with Crippen molar-refractivity contribution in [1.82, 2.24) is 19.7 Å². The summed E-state index contributed by atoms with van der Waals surface area (Å²) in [7, 11) is 0. The number of aromatic nitrogens is 3. The fourth-order valence-electron chi connectivity index (χ4n) is 5.81. The smallest absolute Gasteiger partial charge is 0.126 e. The number of pyridine rings is 1. The van der Waals surface area contributed by atoms with Gasteiger partial charge in [0, 0.05) is 36.5 Å². The molecule has 2 aromatic rings. The van der Waals surface area contributed by atoms with E-state index < -0.39 is 0 Å². The van der Waals surface area contributed by atoms with Gasteiger partial charge in [0.2, 0.25) is 0 Å². The number of likely N-dealkylation sites (tertiary alicyclic amines) is 1. The van der Waals surface area contributed by atoms with Crippen molar-refractivity contribution in [2.75, 3.05) is 32.0 Å². The van der Waals surface area contributed by atoms with E-state index in [9.17, 15) is 0 Å². The molecular weight excluding hydrogens is 362 g/mol. The molecule has 152 valence electrons. The number of nitrogens with two attached hydrogens (primary N) is 1. The normalized spacial score (nSPS) is 32.1. The van der Waals surface area contributed by atoms with Crippen molar-refractivity contribution in [2.45, 2.75) is 56.0 Å². The fourth-order valence-corrected chi connectivity index (χ4v) is 5.81. The van der Waals surface area contributed by atoms with Crippen molar-refractivity contribution < 1.29 is 4.74 Å². The topological polar surface area (TPSA) is 69.2 Å². The first kappa shape index (κ1) is 16.8. The van der Waals surface area contributed by atoms with E-state index in [1.165, 1.54) is 56.5 Å². The number of rotatable bonds is 5. The lowest BCUT2D eigenvalue weighted by atomic mass is 9.93. The van der Waals surface area contributed by atoms with Gasteiger partial charge in [-0.1, -0.05) is 0 Å². The van der Waals surface area contributed by atoms with Crippen LogP contribution in [0.25, 0.3) is 11.3 Å². The van der Waals surface area contributed by atoms with Crippen LogP contribution in [0.5, 0.6) is 0 Å². The Morgan fingerprint density at radius 3 is 2.41 bits per heavy atom. The molecule has 7 rings (SSSR count). The Bertz CT molecular complexity index is 946. The predicted molar refractivity (Wildman–Crippen MR) is 111 cm³/mol. The fraction of sp³-hybridized carbons (Fsp3) is 0.652. The molecule has 2 saturated heterocycles. The van der Waals surface area contributed by atoms with Gasteiger partial charge in [0.1, 0.15) is 5.82 Å². The molecule has 0 bridgehead atoms. The second kappa shape index (κ2) is 6.05. The van der Waals surface area contributed by atoms with Crippen LogP contribution in [0.15, 0.2) is 18.3 Å². The van der Waals surface area contributed by atoms with Gasteiger partial charge in [-0.3, -0.25) is 9.58 Å². The molecular formula is C23H29N5O. The summed E-state index contributed by atoms with van der Waals surface area (Å²) in [4.78, 5) is 7.17. The monoisotopic (exact) mass is 391 g/mol. The molecule has 2 aromatic heterocycles. The molecule has 3 saturated carbocycles. The Morgan fingerprint density at radius 2 is 1.79 bits per heavy atom. The molecule has 29 heavy (non-hydrogen) atoms. The molecule has 3 atom stereocenters. The molecule has 5 aliphatic rings. The van der Waals surface area contributed by atoms with Gasteiger partial charge in [0.15, 0.2) is 0 Å². The Balaban J connectivity index is 1.19. The highest BCUT2D eigenvalue weighted by Gasteiger charge is 2.59. The minimum atomic E-state index is 0.598. The zero-order valence-electron chi connectivity index (χ0n) is 16.8. The van der Waals surface area contributed by atoms with E-state index in [0.29, 0.717) is 29.7 Å². The molecule has 2 N–H and O–H groups in total. The van der Waals surface area contributed by atoms with Gasteiger partial charge in [-0.15, -0.1) is 0 Å². The van der Waals surface area contributed by atoms with Crippen LogP contribution < -0.4 is 5.73 Å². The summed E-state index contributed by atoms with van der Waals surface area (Å²) in [5.74, 6) is 3.63. The van der Waals surface area contributed by atoms with E-state index in [1.54, 1.807) is 0 Å². The number of piperidine rings is 1. The summed E-state index contributed by atoms with van der Waals surface area (Å²) in [6.07, 6.45) is 8.28. The number of nitrogens with zero attached hydrogens (tertiary/aromatic N) is 4. The second-order valence-electron chi connectivity index (χ2n) is 9.96. The molecule has 1 unspecified atom stereocenters. The zero-order chi connectivity index (χ0) is 19.1. The van der Waals surface area contributed by atoms with Gasteiger partial charge in [-0.05, 0) is 67.6 Å². The van der Waals surface area contributed by atoms with Crippen LogP contribution in [0.3, 0.4) is 0 Å². The third kappa shape index (κ3) is 2.61. The largest absolute Gasteiger partial charge is 0.383 e. The second-order valence-corrected chi connectivity index (χ2v) is 9.96. The summed E-state index contributed by atoms with van der Waals surface area (Å²) in [6.45, 7) is 4.34. The van der Waals surface area contributed by atoms with Crippen molar-refractivity contribution in [2.24, 2.45) is 11.8 Å². The minimum Gasteiger partial charge on any atom is -0.383 e. The molecule has 6 heteroatoms. The maximum atomic E-state index is 6.15. The Hall–Kier alpha value is -1.92. The van der Waals surface area contributed by atoms with Crippen molar-refractivity contribution in [3.8, 4) is 11.3 Å². The summed E-state index contributed by atoms with van der Waals surface area (Å²) in [5, 5.41) is 5.13. The van der Waals surface area contributed by atoms with Crippen LogP contribution in [-0.4, -0.2) is 52.0 Å². The highest BCUT2D eigenvalue weighted by Crippen LogP contribution is 2.59. The molecule has 0 aromatic carbocycles. The van der Waals surface area contributed by atoms with Gasteiger partial charge in [0.05, 0.1) is 31.0 Å². The Morgan fingerprint density at radius 1 is 1.00 bits per heavy atom. The number of hydrogen-bond acceptors (Lipinski definition) is 5. The van der Waals surface area contributed by atoms with Crippen molar-refractivity contribution in [3.05, 3.63) is 29.6 Å². The highest BCUT2D eigenvalue weighted by atomic mass is 16.5. The highest BCUT2D eigenvalue weighted by molar-refractivity contribution is 5.63. The first-order valence-electron chi connectivity index (χ1n) is 11.4. The average Bonchev–Trinajstić information content (AvgIpc) is 3.50. The van der Waals surface area contributed by atoms with Crippen LogP contribution in [0.2, 0.25) is 0 Å². The predicted octanol–water partition coefficient (Wildman–Crippen LogP) is 3.17. The van der Waals surface area contributed by atoms with Crippen molar-refractivity contribution >= 4 is 5.82 Å². The zero-order valence-corrected chi connectivity index (χ0v) is 16.8. The number of hydrogen-bond donors (Lipinski definition) is 1. The summed E-state index contributed by atoms with van der Waals surface area (Å²) in [5.41, 5.74) is 11.1. The van der Waals surface area contributed by atoms with E-state index in [2.05, 4.69) is 26.7 Å². The first-order chi connectivity index (χ1) is 14.3. The van der Waals surface area contributed by atoms with Crippen molar-refractivity contribution in [1.29, 1.82) is 0 Å². The maximum Gasteiger partial charge on any atom is 0.126 e. The molecule has 0 radical (unpaired) electrons. The van der Waals surface area contributed by atoms with Crippen LogP contribution in [-0.2, 0) is 4.74 Å². The average molecular weight is 392 g/mol. The molecule has 4 heterocycles. The van der Waals surface area contributed by atoms with Crippen LogP contribution >= 0.6 is 0 Å². The van der Waals surface area contributed by atoms with E-state index >= 15 is 0 Å². The van der Waals surface area contributed by atoms with Gasteiger partial charge < -0.3 is 10.5 Å². The Labute approximate surface area is 171 Å². The number of nitrogen functional groups attached to an aromatic ring is 1. The third-order valence-corrected chi connectivity index (χ3v) is 8.15. The maximum absolute atomic E-state index is 6.15. The molecule has 6 nitrogen and oxygen atoms in total.